The highest BCUT2D eigenvalue weighted by Gasteiger charge is 2.40. The molecule has 128 valence electrons. The molecule has 0 aromatic carbocycles. The molecule has 0 radical (unpaired) electrons. The van der Waals surface area contributed by atoms with E-state index in [0.717, 1.165) is 30.4 Å². The fraction of sp³-hybridized carbons (Fsp3) is 0.571. The fourth-order valence-electron chi connectivity index (χ4n) is 4.28. The molecule has 0 aliphatic heterocycles. The molecule has 4 N–H and O–H groups in total. The molecule has 0 amide bonds. The summed E-state index contributed by atoms with van der Waals surface area (Å²) in [5, 5.41) is 11.4. The van der Waals surface area contributed by atoms with Crippen molar-refractivity contribution in [3.63, 3.8) is 0 Å². The van der Waals surface area contributed by atoms with Crippen LogP contribution in [0.15, 0.2) is 46.7 Å². The summed E-state index contributed by atoms with van der Waals surface area (Å²) in [4.78, 5) is 0. The standard InChI is InChI=1S/C21H29N3/c22-8-2-3-14-9-17(10-14)24-13-16(12-23)19-5-1-4-18(15-6-7-15)20-11-21(19)20/h1,4-5,12-15,17,21,23-24H,2-3,6-11,22H2/b16-13+,23-12?. The molecule has 3 saturated carbocycles. The van der Waals surface area contributed by atoms with E-state index in [4.69, 9.17) is 11.1 Å². The Morgan fingerprint density at radius 2 is 2.17 bits per heavy atom. The topological polar surface area (TPSA) is 61.9 Å². The lowest BCUT2D eigenvalue weighted by Gasteiger charge is -2.35. The Bertz CT molecular complexity index is 627. The van der Waals surface area contributed by atoms with Crippen LogP contribution < -0.4 is 11.1 Å². The third-order valence-electron chi connectivity index (χ3n) is 6.02. The van der Waals surface area contributed by atoms with Gasteiger partial charge in [-0.15, -0.1) is 0 Å². The lowest BCUT2D eigenvalue weighted by molar-refractivity contribution is 0.223. The molecule has 4 aliphatic rings. The van der Waals surface area contributed by atoms with Crippen molar-refractivity contribution in [2.24, 2.45) is 23.5 Å². The quantitative estimate of drug-likeness (QED) is 0.594. The lowest BCUT2D eigenvalue weighted by Crippen LogP contribution is -2.38. The van der Waals surface area contributed by atoms with Gasteiger partial charge < -0.3 is 16.5 Å². The first-order valence-electron chi connectivity index (χ1n) is 9.58. The van der Waals surface area contributed by atoms with Crippen LogP contribution >= 0.6 is 0 Å². The first-order chi connectivity index (χ1) is 11.8. The maximum Gasteiger partial charge on any atom is 0.0267 e. The molecule has 0 heterocycles. The zero-order valence-electron chi connectivity index (χ0n) is 14.4. The second-order valence-electron chi connectivity index (χ2n) is 7.87. The van der Waals surface area contributed by atoms with Crippen LogP contribution in [-0.2, 0) is 0 Å². The summed E-state index contributed by atoms with van der Waals surface area (Å²) >= 11 is 0. The second-order valence-corrected chi connectivity index (χ2v) is 7.87. The first-order valence-corrected chi connectivity index (χ1v) is 9.58. The van der Waals surface area contributed by atoms with Crippen molar-refractivity contribution in [2.45, 2.75) is 51.0 Å². The van der Waals surface area contributed by atoms with Crippen molar-refractivity contribution in [3.8, 4) is 0 Å². The average molecular weight is 323 g/mol. The van der Waals surface area contributed by atoms with Crippen molar-refractivity contribution >= 4 is 6.21 Å². The summed E-state index contributed by atoms with van der Waals surface area (Å²) in [7, 11) is 0. The zero-order chi connectivity index (χ0) is 16.5. The Morgan fingerprint density at radius 1 is 1.33 bits per heavy atom. The molecule has 4 aliphatic carbocycles. The second kappa shape index (κ2) is 6.72. The minimum Gasteiger partial charge on any atom is -0.388 e. The Morgan fingerprint density at radius 3 is 2.88 bits per heavy atom. The number of hydrogen-bond acceptors (Lipinski definition) is 3. The molecule has 0 spiro atoms. The molecular weight excluding hydrogens is 294 g/mol. The molecule has 1 atom stereocenters. The van der Waals surface area contributed by atoms with Gasteiger partial charge in [0.1, 0.15) is 0 Å². The summed E-state index contributed by atoms with van der Waals surface area (Å²) in [6.07, 6.45) is 19.2. The molecule has 24 heavy (non-hydrogen) atoms. The van der Waals surface area contributed by atoms with Gasteiger partial charge in [0.25, 0.3) is 0 Å². The van der Waals surface area contributed by atoms with E-state index in [1.807, 2.05) is 0 Å². The predicted molar refractivity (Wildman–Crippen MR) is 99.9 cm³/mol. The van der Waals surface area contributed by atoms with Gasteiger partial charge in [-0.05, 0) is 74.5 Å². The number of nitrogens with two attached hydrogens (primary N) is 1. The Hall–Kier alpha value is -1.61. The Labute approximate surface area is 145 Å². The van der Waals surface area contributed by atoms with Gasteiger partial charge >= 0.3 is 0 Å². The smallest absolute Gasteiger partial charge is 0.0267 e. The van der Waals surface area contributed by atoms with Gasteiger partial charge in [-0.2, -0.15) is 0 Å². The van der Waals surface area contributed by atoms with Gasteiger partial charge in [-0.1, -0.05) is 23.8 Å². The summed E-state index contributed by atoms with van der Waals surface area (Å²) < 4.78 is 0. The molecule has 0 bridgehead atoms. The molecule has 3 nitrogen and oxygen atoms in total. The summed E-state index contributed by atoms with van der Waals surface area (Å²) in [6.45, 7) is 0.814. The van der Waals surface area contributed by atoms with Gasteiger partial charge in [-0.25, -0.2) is 0 Å². The van der Waals surface area contributed by atoms with Crippen LogP contribution in [0.4, 0.5) is 0 Å². The van der Waals surface area contributed by atoms with Gasteiger partial charge in [0.05, 0.1) is 0 Å². The molecule has 3 heteroatoms. The van der Waals surface area contributed by atoms with Gasteiger partial charge in [0.2, 0.25) is 0 Å². The fourth-order valence-corrected chi connectivity index (χ4v) is 4.28. The average Bonchev–Trinajstić information content (AvgIpc) is 3.42. The SMILES string of the molecule is N=C/C(=C\NC1CC(CCCN)C1)C1=CC=CC(C2CC2)=C2CC12. The summed E-state index contributed by atoms with van der Waals surface area (Å²) in [6, 6.07) is 0.584. The highest BCUT2D eigenvalue weighted by molar-refractivity contribution is 5.84. The third kappa shape index (κ3) is 3.27. The van der Waals surface area contributed by atoms with Crippen molar-refractivity contribution in [2.75, 3.05) is 6.54 Å². The van der Waals surface area contributed by atoms with E-state index in [0.29, 0.717) is 12.0 Å². The van der Waals surface area contributed by atoms with Gasteiger partial charge in [0, 0.05) is 29.9 Å². The first kappa shape index (κ1) is 15.9. The van der Waals surface area contributed by atoms with Gasteiger partial charge in [0.15, 0.2) is 0 Å². The van der Waals surface area contributed by atoms with E-state index in [2.05, 4.69) is 29.7 Å². The van der Waals surface area contributed by atoms with Crippen LogP contribution in [0, 0.1) is 23.2 Å². The van der Waals surface area contributed by atoms with E-state index in [-0.39, 0.29) is 0 Å². The third-order valence-corrected chi connectivity index (χ3v) is 6.02. The van der Waals surface area contributed by atoms with Crippen LogP contribution in [0.3, 0.4) is 0 Å². The molecule has 0 aromatic heterocycles. The minimum absolute atomic E-state index is 0.573. The van der Waals surface area contributed by atoms with Crippen LogP contribution in [0.1, 0.15) is 44.9 Å². The number of hydrogen-bond donors (Lipinski definition) is 3. The largest absolute Gasteiger partial charge is 0.388 e. The van der Waals surface area contributed by atoms with Gasteiger partial charge in [-0.3, -0.25) is 0 Å². The highest BCUT2D eigenvalue weighted by atomic mass is 14.9. The number of rotatable bonds is 8. The van der Waals surface area contributed by atoms with Crippen molar-refractivity contribution in [1.82, 2.24) is 5.32 Å². The van der Waals surface area contributed by atoms with Crippen molar-refractivity contribution < 1.29 is 0 Å². The van der Waals surface area contributed by atoms with Crippen LogP contribution in [0.25, 0.3) is 0 Å². The van der Waals surface area contributed by atoms with E-state index in [9.17, 15) is 0 Å². The maximum atomic E-state index is 7.85. The van der Waals surface area contributed by atoms with E-state index < -0.39 is 0 Å². The van der Waals surface area contributed by atoms with E-state index >= 15 is 0 Å². The van der Waals surface area contributed by atoms with E-state index in [1.165, 1.54) is 50.3 Å². The van der Waals surface area contributed by atoms with Crippen molar-refractivity contribution in [3.05, 3.63) is 46.7 Å². The monoisotopic (exact) mass is 323 g/mol. The van der Waals surface area contributed by atoms with Crippen LogP contribution in [-0.4, -0.2) is 18.8 Å². The number of fused-ring (bicyclic) bond motifs is 1. The lowest BCUT2D eigenvalue weighted by atomic mass is 9.77. The minimum atomic E-state index is 0.573. The van der Waals surface area contributed by atoms with E-state index in [1.54, 1.807) is 11.1 Å². The molecule has 4 rings (SSSR count). The zero-order valence-corrected chi connectivity index (χ0v) is 14.4. The van der Waals surface area contributed by atoms with Crippen molar-refractivity contribution in [1.29, 1.82) is 5.41 Å². The highest BCUT2D eigenvalue weighted by Crippen LogP contribution is 2.53. The normalized spacial score (nSPS) is 31.8. The Kier molecular flexibility index (Phi) is 4.45. The predicted octanol–water partition coefficient (Wildman–Crippen LogP) is 3.85. The molecule has 0 saturated heterocycles. The van der Waals surface area contributed by atoms with Crippen LogP contribution in [0.5, 0.6) is 0 Å². The number of nitrogens with one attached hydrogen (secondary N) is 2. The molecular formula is C21H29N3. The number of allylic oxidation sites excluding steroid dienone is 7. The molecule has 1 unspecified atom stereocenters. The molecule has 3 fully saturated rings. The Balaban J connectivity index is 1.36. The molecule has 0 aromatic rings. The van der Waals surface area contributed by atoms with Crippen LogP contribution in [0.2, 0.25) is 0 Å². The summed E-state index contributed by atoms with van der Waals surface area (Å²) in [5.74, 6) is 2.26. The summed E-state index contributed by atoms with van der Waals surface area (Å²) in [5.41, 5.74) is 11.2. The maximum absolute atomic E-state index is 7.85.